The minimum Gasteiger partial charge on any atom is -0.506 e. The molecule has 2 fully saturated rings. The number of carbonyl (C=O) groups excluding carboxylic acids is 1. The molecule has 1 aromatic carbocycles. The van der Waals surface area contributed by atoms with Gasteiger partial charge >= 0.3 is 5.97 Å². The van der Waals surface area contributed by atoms with Crippen LogP contribution in [-0.2, 0) is 4.79 Å². The second-order valence-electron chi connectivity index (χ2n) is 7.11. The first-order chi connectivity index (χ1) is 11.9. The predicted octanol–water partition coefficient (Wildman–Crippen LogP) is 2.25. The van der Waals surface area contributed by atoms with E-state index in [0.717, 1.165) is 37.1 Å². The lowest BCUT2D eigenvalue weighted by atomic mass is 10.1. The Morgan fingerprint density at radius 2 is 1.68 bits per heavy atom. The Morgan fingerprint density at radius 3 is 2.20 bits per heavy atom. The van der Waals surface area contributed by atoms with Gasteiger partial charge in [-0.2, -0.15) is 0 Å². The highest BCUT2D eigenvalue weighted by atomic mass is 16.4. The van der Waals surface area contributed by atoms with Crippen LogP contribution < -0.4 is 5.32 Å². The van der Waals surface area contributed by atoms with E-state index in [4.69, 9.17) is 5.11 Å². The number of carbonyl (C=O) groups is 2. The SMILES string of the molecule is O=C(CCN(CC1CC1)CC1CC1)Nc1c(O)ccc(C(=O)O)c1O. The Balaban J connectivity index is 1.57. The van der Waals surface area contributed by atoms with Crippen molar-refractivity contribution < 1.29 is 24.9 Å². The average molecular weight is 348 g/mol. The van der Waals surface area contributed by atoms with Crippen molar-refractivity contribution in [1.29, 1.82) is 0 Å². The maximum absolute atomic E-state index is 12.2. The summed E-state index contributed by atoms with van der Waals surface area (Å²) in [7, 11) is 0. The van der Waals surface area contributed by atoms with Crippen molar-refractivity contribution in [2.75, 3.05) is 25.0 Å². The third-order valence-corrected chi connectivity index (χ3v) is 4.73. The fraction of sp³-hybridized carbons (Fsp3) is 0.556. The van der Waals surface area contributed by atoms with Crippen molar-refractivity contribution in [3.63, 3.8) is 0 Å². The molecular formula is C18H24N2O5. The number of phenolic OH excluding ortho intramolecular Hbond substituents is 1. The Kier molecular flexibility index (Phi) is 5.13. The first-order valence-corrected chi connectivity index (χ1v) is 8.74. The van der Waals surface area contributed by atoms with Crippen molar-refractivity contribution >= 4 is 17.6 Å². The summed E-state index contributed by atoms with van der Waals surface area (Å²) in [6.07, 6.45) is 5.28. The highest BCUT2D eigenvalue weighted by molar-refractivity contribution is 5.99. The van der Waals surface area contributed by atoms with E-state index in [1.807, 2.05) is 0 Å². The number of hydrogen-bond acceptors (Lipinski definition) is 5. The maximum atomic E-state index is 12.2. The minimum atomic E-state index is -1.33. The molecule has 136 valence electrons. The van der Waals surface area contributed by atoms with Gasteiger partial charge in [0.15, 0.2) is 5.75 Å². The van der Waals surface area contributed by atoms with Crippen LogP contribution in [0.5, 0.6) is 11.5 Å². The Labute approximate surface area is 146 Å². The van der Waals surface area contributed by atoms with Crippen LogP contribution in [0.1, 0.15) is 42.5 Å². The molecule has 0 saturated heterocycles. The quantitative estimate of drug-likeness (QED) is 0.510. The van der Waals surface area contributed by atoms with Crippen molar-refractivity contribution in [2.45, 2.75) is 32.1 Å². The zero-order valence-corrected chi connectivity index (χ0v) is 14.1. The lowest BCUT2D eigenvalue weighted by Crippen LogP contribution is -2.31. The van der Waals surface area contributed by atoms with Gasteiger partial charge in [0.2, 0.25) is 5.91 Å². The highest BCUT2D eigenvalue weighted by Gasteiger charge is 2.29. The van der Waals surface area contributed by atoms with Gasteiger partial charge in [-0.1, -0.05) is 0 Å². The number of anilines is 1. The van der Waals surface area contributed by atoms with Crippen molar-refractivity contribution in [3.05, 3.63) is 17.7 Å². The van der Waals surface area contributed by atoms with Crippen LogP contribution in [0.15, 0.2) is 12.1 Å². The Morgan fingerprint density at radius 1 is 1.08 bits per heavy atom. The standard InChI is InChI=1S/C18H24N2O5/c21-14-6-5-13(18(24)25)17(23)16(14)19-15(22)7-8-20(9-11-1-2-11)10-12-3-4-12/h5-6,11-12,21,23H,1-4,7-10H2,(H,19,22)(H,24,25). The Hall–Kier alpha value is -2.28. The largest absolute Gasteiger partial charge is 0.506 e. The molecule has 25 heavy (non-hydrogen) atoms. The molecule has 1 amide bonds. The van der Waals surface area contributed by atoms with Crippen LogP contribution in [0.25, 0.3) is 0 Å². The smallest absolute Gasteiger partial charge is 0.339 e. The molecule has 0 radical (unpaired) electrons. The average Bonchev–Trinajstić information content (AvgIpc) is 3.45. The van der Waals surface area contributed by atoms with Gasteiger partial charge in [-0.05, 0) is 49.7 Å². The number of amides is 1. The van der Waals surface area contributed by atoms with E-state index >= 15 is 0 Å². The van der Waals surface area contributed by atoms with E-state index in [1.54, 1.807) is 0 Å². The molecule has 0 unspecified atom stereocenters. The van der Waals surface area contributed by atoms with Crippen LogP contribution >= 0.6 is 0 Å². The summed E-state index contributed by atoms with van der Waals surface area (Å²) in [5.41, 5.74) is -0.613. The molecule has 4 N–H and O–H groups in total. The van der Waals surface area contributed by atoms with Gasteiger partial charge in [0.05, 0.1) is 0 Å². The lowest BCUT2D eigenvalue weighted by molar-refractivity contribution is -0.116. The summed E-state index contributed by atoms with van der Waals surface area (Å²) in [5.74, 6) is -1.17. The summed E-state index contributed by atoms with van der Waals surface area (Å²) in [4.78, 5) is 25.6. The molecule has 0 atom stereocenters. The van der Waals surface area contributed by atoms with Crippen molar-refractivity contribution in [3.8, 4) is 11.5 Å². The fourth-order valence-corrected chi connectivity index (χ4v) is 2.93. The Bertz CT molecular complexity index is 654. The van der Waals surface area contributed by atoms with Crippen molar-refractivity contribution in [2.24, 2.45) is 11.8 Å². The maximum Gasteiger partial charge on any atom is 0.339 e. The summed E-state index contributed by atoms with van der Waals surface area (Å²) in [6, 6.07) is 2.24. The van der Waals surface area contributed by atoms with E-state index in [1.165, 1.54) is 25.7 Å². The van der Waals surface area contributed by atoms with Gasteiger partial charge in [-0.3, -0.25) is 4.79 Å². The number of nitrogens with zero attached hydrogens (tertiary/aromatic N) is 1. The van der Waals surface area contributed by atoms with Gasteiger partial charge < -0.3 is 25.5 Å². The van der Waals surface area contributed by atoms with E-state index < -0.39 is 11.7 Å². The number of carboxylic acid groups (broad SMARTS) is 1. The number of phenols is 2. The molecule has 2 saturated carbocycles. The number of benzene rings is 1. The molecule has 1 aromatic rings. The second kappa shape index (κ2) is 7.31. The van der Waals surface area contributed by atoms with Crippen LogP contribution in [0.2, 0.25) is 0 Å². The molecule has 2 aliphatic rings. The second-order valence-corrected chi connectivity index (χ2v) is 7.11. The molecule has 0 aromatic heterocycles. The third kappa shape index (κ3) is 4.85. The van der Waals surface area contributed by atoms with Gasteiger partial charge in [0, 0.05) is 26.1 Å². The number of rotatable bonds is 9. The minimum absolute atomic E-state index is 0.232. The van der Waals surface area contributed by atoms with Crippen LogP contribution in [0.3, 0.4) is 0 Å². The van der Waals surface area contributed by atoms with Gasteiger partial charge in [0.25, 0.3) is 0 Å². The number of carboxylic acids is 1. The highest BCUT2D eigenvalue weighted by Crippen LogP contribution is 2.36. The molecule has 0 spiro atoms. The molecule has 0 heterocycles. The van der Waals surface area contributed by atoms with Gasteiger partial charge in [0.1, 0.15) is 17.0 Å². The van der Waals surface area contributed by atoms with E-state index in [0.29, 0.717) is 6.54 Å². The zero-order valence-electron chi connectivity index (χ0n) is 14.1. The molecule has 2 aliphatic carbocycles. The predicted molar refractivity (Wildman–Crippen MR) is 91.9 cm³/mol. The molecule has 0 bridgehead atoms. The van der Waals surface area contributed by atoms with Gasteiger partial charge in [-0.15, -0.1) is 0 Å². The molecule has 7 nitrogen and oxygen atoms in total. The zero-order chi connectivity index (χ0) is 18.0. The van der Waals surface area contributed by atoms with E-state index in [2.05, 4.69) is 10.2 Å². The monoisotopic (exact) mass is 348 g/mol. The number of aromatic carboxylic acids is 1. The number of hydrogen-bond donors (Lipinski definition) is 4. The van der Waals surface area contributed by atoms with Crippen LogP contribution in [0, 0.1) is 11.8 Å². The van der Waals surface area contributed by atoms with Gasteiger partial charge in [-0.25, -0.2) is 4.79 Å². The topological polar surface area (TPSA) is 110 Å². The molecule has 7 heteroatoms. The third-order valence-electron chi connectivity index (χ3n) is 4.73. The number of nitrogens with one attached hydrogen (secondary N) is 1. The first-order valence-electron chi connectivity index (χ1n) is 8.74. The summed E-state index contributed by atoms with van der Waals surface area (Å²) >= 11 is 0. The lowest BCUT2D eigenvalue weighted by Gasteiger charge is -2.22. The van der Waals surface area contributed by atoms with Crippen molar-refractivity contribution in [1.82, 2.24) is 4.90 Å². The van der Waals surface area contributed by atoms with E-state index in [9.17, 15) is 19.8 Å². The first kappa shape index (κ1) is 17.5. The van der Waals surface area contributed by atoms with E-state index in [-0.39, 0.29) is 29.3 Å². The fourth-order valence-electron chi connectivity index (χ4n) is 2.93. The molecule has 0 aliphatic heterocycles. The number of aromatic hydroxyl groups is 2. The van der Waals surface area contributed by atoms with Crippen LogP contribution in [0.4, 0.5) is 5.69 Å². The molecular weight excluding hydrogens is 324 g/mol. The normalized spacial score (nSPS) is 16.8. The van der Waals surface area contributed by atoms with Crippen LogP contribution in [-0.4, -0.2) is 51.7 Å². The summed E-state index contributed by atoms with van der Waals surface area (Å²) in [6.45, 7) is 2.67. The molecule has 3 rings (SSSR count). The summed E-state index contributed by atoms with van der Waals surface area (Å²) < 4.78 is 0. The summed E-state index contributed by atoms with van der Waals surface area (Å²) in [5, 5.41) is 31.2.